The molecule has 0 spiro atoms. The SMILES string of the molecule is CCC[C@@]1(O)CC[C@@]2(CC)c3ccc(C(=O)OC)cc3C(=O)CC[C@H]2C1.CCC[C@]1(O)CC[C@]2(CC)c3ccc(C(=O)OC)cc3C(=O)CC[C@@H]2C1. The molecule has 2 fully saturated rings. The van der Waals surface area contributed by atoms with Crippen LogP contribution in [0.15, 0.2) is 36.4 Å². The van der Waals surface area contributed by atoms with Crippen molar-refractivity contribution in [1.82, 2.24) is 0 Å². The highest BCUT2D eigenvalue weighted by Gasteiger charge is 2.52. The number of carbonyl (C=O) groups excluding carboxylic acids is 4. The summed E-state index contributed by atoms with van der Waals surface area (Å²) < 4.78 is 9.65. The molecule has 0 amide bonds. The van der Waals surface area contributed by atoms with Crippen LogP contribution in [0.5, 0.6) is 0 Å². The number of hydrogen-bond donors (Lipinski definition) is 2. The zero-order valence-corrected chi connectivity index (χ0v) is 32.3. The smallest absolute Gasteiger partial charge is 0.337 e. The molecule has 0 radical (unpaired) electrons. The first kappa shape index (κ1) is 39.8. The lowest BCUT2D eigenvalue weighted by Crippen LogP contribution is -2.47. The predicted molar refractivity (Wildman–Crippen MR) is 201 cm³/mol. The molecular weight excluding hydrogens is 656 g/mol. The van der Waals surface area contributed by atoms with Crippen molar-refractivity contribution in [2.24, 2.45) is 11.8 Å². The van der Waals surface area contributed by atoms with Crippen LogP contribution in [-0.4, -0.2) is 59.1 Å². The van der Waals surface area contributed by atoms with Crippen LogP contribution in [0.25, 0.3) is 0 Å². The normalized spacial score (nSPS) is 30.9. The lowest BCUT2D eigenvalue weighted by Gasteiger charge is -2.50. The van der Waals surface area contributed by atoms with Crippen molar-refractivity contribution >= 4 is 23.5 Å². The molecule has 2 N–H and O–H groups in total. The van der Waals surface area contributed by atoms with Gasteiger partial charge in [0.05, 0.1) is 36.5 Å². The number of ketones is 2. The third-order valence-electron chi connectivity index (χ3n) is 13.6. The van der Waals surface area contributed by atoms with Crippen LogP contribution in [0.3, 0.4) is 0 Å². The van der Waals surface area contributed by atoms with E-state index in [1.54, 1.807) is 24.3 Å². The summed E-state index contributed by atoms with van der Waals surface area (Å²) in [6, 6.07) is 10.9. The molecule has 8 nitrogen and oxygen atoms in total. The van der Waals surface area contributed by atoms with Gasteiger partial charge in [0.15, 0.2) is 11.6 Å². The van der Waals surface area contributed by atoms with Crippen LogP contribution in [0.1, 0.15) is 183 Å². The molecule has 8 heteroatoms. The first-order valence-electron chi connectivity index (χ1n) is 19.7. The molecule has 6 atom stereocenters. The Morgan fingerprint density at radius 2 is 1.04 bits per heavy atom. The Balaban J connectivity index is 0.000000201. The Kier molecular flexibility index (Phi) is 12.2. The van der Waals surface area contributed by atoms with Gasteiger partial charge in [0.25, 0.3) is 0 Å². The van der Waals surface area contributed by atoms with Crippen LogP contribution >= 0.6 is 0 Å². The monoisotopic (exact) mass is 716 g/mol. The Bertz CT molecular complexity index is 1540. The van der Waals surface area contributed by atoms with E-state index in [4.69, 9.17) is 9.47 Å². The van der Waals surface area contributed by atoms with Gasteiger partial charge in [0.1, 0.15) is 0 Å². The van der Waals surface area contributed by atoms with Gasteiger partial charge in [-0.15, -0.1) is 0 Å². The third kappa shape index (κ3) is 7.39. The quantitative estimate of drug-likeness (QED) is 0.260. The highest BCUT2D eigenvalue weighted by atomic mass is 16.5. The van der Waals surface area contributed by atoms with Gasteiger partial charge < -0.3 is 19.7 Å². The van der Waals surface area contributed by atoms with E-state index >= 15 is 0 Å². The molecule has 0 heterocycles. The molecular formula is C44H60O8. The Labute approximate surface area is 310 Å². The van der Waals surface area contributed by atoms with Crippen LogP contribution in [0.4, 0.5) is 0 Å². The molecule has 2 aromatic carbocycles. The van der Waals surface area contributed by atoms with Gasteiger partial charge in [-0.25, -0.2) is 9.59 Å². The number of rotatable bonds is 8. The predicted octanol–water partition coefficient (Wildman–Crippen LogP) is 8.86. The van der Waals surface area contributed by atoms with Crippen molar-refractivity contribution in [3.63, 3.8) is 0 Å². The Morgan fingerprint density at radius 1 is 0.654 bits per heavy atom. The van der Waals surface area contributed by atoms with Gasteiger partial charge in [-0.2, -0.15) is 0 Å². The Hall–Kier alpha value is -3.36. The lowest BCUT2D eigenvalue weighted by atomic mass is 9.56. The summed E-state index contributed by atoms with van der Waals surface area (Å²) in [6.07, 6.45) is 12.9. The van der Waals surface area contributed by atoms with Crippen molar-refractivity contribution in [2.75, 3.05) is 14.2 Å². The van der Waals surface area contributed by atoms with Crippen molar-refractivity contribution in [3.05, 3.63) is 69.8 Å². The molecule has 6 rings (SSSR count). The molecule has 0 saturated heterocycles. The van der Waals surface area contributed by atoms with E-state index in [0.717, 1.165) is 101 Å². The number of esters is 2. The highest BCUT2D eigenvalue weighted by molar-refractivity contribution is 6.02. The molecule has 0 bridgehead atoms. The van der Waals surface area contributed by atoms with Gasteiger partial charge in [-0.3, -0.25) is 9.59 Å². The van der Waals surface area contributed by atoms with Crippen molar-refractivity contribution in [2.45, 2.75) is 152 Å². The minimum atomic E-state index is -0.600. The zero-order chi connectivity index (χ0) is 37.9. The fourth-order valence-corrected chi connectivity index (χ4v) is 10.8. The fourth-order valence-electron chi connectivity index (χ4n) is 10.8. The molecule has 4 aliphatic rings. The van der Waals surface area contributed by atoms with Gasteiger partial charge in [-0.1, -0.05) is 52.7 Å². The number of ether oxygens (including phenoxy) is 2. The fraction of sp³-hybridized carbons (Fsp3) is 0.636. The van der Waals surface area contributed by atoms with Gasteiger partial charge in [0.2, 0.25) is 0 Å². The molecule has 0 aliphatic heterocycles. The Morgan fingerprint density at radius 3 is 1.37 bits per heavy atom. The standard InChI is InChI=1S/2C22H30O4/c2*1-4-10-21(25)11-12-22(5-2)16(14-21)7-9-19(23)17-13-15(20(24)26-3)6-8-18(17)22/h2*6,8,13,16,25H,4-5,7,9-12,14H2,1-3H3/t2*16-,21+,22+/m10/s1. The number of Topliss-reactive ketones (excluding diaryl/α,β-unsaturated/α-hetero) is 2. The van der Waals surface area contributed by atoms with Crippen molar-refractivity contribution in [3.8, 4) is 0 Å². The maximum absolute atomic E-state index is 12.8. The lowest BCUT2D eigenvalue weighted by molar-refractivity contribution is -0.0543. The summed E-state index contributed by atoms with van der Waals surface area (Å²) >= 11 is 0. The molecule has 2 aromatic rings. The first-order valence-corrected chi connectivity index (χ1v) is 19.7. The number of aliphatic hydroxyl groups is 2. The number of benzene rings is 2. The second kappa shape index (κ2) is 15.9. The first-order chi connectivity index (χ1) is 24.8. The summed E-state index contributed by atoms with van der Waals surface area (Å²) in [4.78, 5) is 49.5. The summed E-state index contributed by atoms with van der Waals surface area (Å²) in [5, 5.41) is 22.1. The maximum Gasteiger partial charge on any atom is 0.337 e. The molecule has 0 unspecified atom stereocenters. The van der Waals surface area contributed by atoms with E-state index in [2.05, 4.69) is 27.7 Å². The summed E-state index contributed by atoms with van der Waals surface area (Å²) in [7, 11) is 2.71. The zero-order valence-electron chi connectivity index (χ0n) is 32.3. The van der Waals surface area contributed by atoms with Crippen LogP contribution in [0.2, 0.25) is 0 Å². The van der Waals surface area contributed by atoms with Gasteiger partial charge >= 0.3 is 11.9 Å². The van der Waals surface area contributed by atoms with Crippen LogP contribution in [0, 0.1) is 11.8 Å². The summed E-state index contributed by atoms with van der Waals surface area (Å²) in [6.45, 7) is 8.59. The van der Waals surface area contributed by atoms with E-state index in [0.29, 0.717) is 46.9 Å². The van der Waals surface area contributed by atoms with E-state index < -0.39 is 23.1 Å². The van der Waals surface area contributed by atoms with Crippen molar-refractivity contribution in [1.29, 1.82) is 0 Å². The molecule has 284 valence electrons. The van der Waals surface area contributed by atoms with Crippen LogP contribution in [-0.2, 0) is 20.3 Å². The number of carbonyl (C=O) groups is 4. The van der Waals surface area contributed by atoms with E-state index in [-0.39, 0.29) is 22.4 Å². The van der Waals surface area contributed by atoms with E-state index in [9.17, 15) is 29.4 Å². The number of methoxy groups -OCH3 is 2. The van der Waals surface area contributed by atoms with Crippen LogP contribution < -0.4 is 0 Å². The number of fused-ring (bicyclic) bond motifs is 6. The minimum Gasteiger partial charge on any atom is -0.465 e. The molecule has 52 heavy (non-hydrogen) atoms. The minimum absolute atomic E-state index is 0.0872. The highest BCUT2D eigenvalue weighted by Crippen LogP contribution is 2.56. The average Bonchev–Trinajstić information content (AvgIpc) is 3.34. The topological polar surface area (TPSA) is 127 Å². The van der Waals surface area contributed by atoms with Crippen molar-refractivity contribution < 1.29 is 38.9 Å². The van der Waals surface area contributed by atoms with E-state index in [1.165, 1.54) is 14.2 Å². The van der Waals surface area contributed by atoms with E-state index in [1.807, 2.05) is 12.1 Å². The summed E-state index contributed by atoms with van der Waals surface area (Å²) in [5.74, 6) is -0.0150. The van der Waals surface area contributed by atoms with Gasteiger partial charge in [-0.05, 0) is 135 Å². The molecule has 0 aromatic heterocycles. The molecule has 2 saturated carbocycles. The second-order valence-electron chi connectivity index (χ2n) is 16.2. The molecule has 4 aliphatic carbocycles. The third-order valence-corrected chi connectivity index (χ3v) is 13.6. The average molecular weight is 717 g/mol. The second-order valence-corrected chi connectivity index (χ2v) is 16.2. The maximum atomic E-state index is 12.8. The summed E-state index contributed by atoms with van der Waals surface area (Å²) in [5.41, 5.74) is 2.99. The largest absolute Gasteiger partial charge is 0.465 e. The van der Waals surface area contributed by atoms with Gasteiger partial charge in [0, 0.05) is 24.0 Å². The number of hydrogen-bond acceptors (Lipinski definition) is 8.